The molecule has 0 spiro atoms. The van der Waals surface area contributed by atoms with Gasteiger partial charge in [-0.25, -0.2) is 4.79 Å². The van der Waals surface area contributed by atoms with Crippen molar-refractivity contribution in [3.63, 3.8) is 0 Å². The third kappa shape index (κ3) is 4.14. The van der Waals surface area contributed by atoms with Crippen molar-refractivity contribution in [3.8, 4) is 0 Å². The van der Waals surface area contributed by atoms with Crippen LogP contribution in [-0.4, -0.2) is 14.9 Å². The average Bonchev–Trinajstić information content (AvgIpc) is 1.63. The van der Waals surface area contributed by atoms with Gasteiger partial charge < -0.3 is 5.11 Å². The molecule has 0 heterocycles. The van der Waals surface area contributed by atoms with Crippen molar-refractivity contribution >= 4 is 32.4 Å². The van der Waals surface area contributed by atoms with E-state index >= 15 is 0 Å². The van der Waals surface area contributed by atoms with Gasteiger partial charge in [-0.3, -0.25) is 4.79 Å². The van der Waals surface area contributed by atoms with E-state index in [0.29, 0.717) is 0 Å². The summed E-state index contributed by atoms with van der Waals surface area (Å²) < 4.78 is -0.271. The van der Waals surface area contributed by atoms with Crippen LogP contribution in [0.1, 0.15) is 6.92 Å². The predicted molar refractivity (Wildman–Crippen MR) is 40.4 cm³/mol. The minimum absolute atomic E-state index is 0.0643. The Morgan fingerprint density at radius 3 is 2.11 bits per heavy atom. The normalized spacial score (nSPS) is 11.1. The van der Waals surface area contributed by atoms with Crippen LogP contribution in [0, 0.1) is 0 Å². The van der Waals surface area contributed by atoms with Crippen LogP contribution < -0.4 is 0 Å². The SMILES string of the molecule is C/C(=C/C(=O)I)C(=O)O. The first-order chi connectivity index (χ1) is 4.04. The number of carbonyl (C=O) groups is 2. The second-order valence-electron chi connectivity index (χ2n) is 1.44. The van der Waals surface area contributed by atoms with Gasteiger partial charge in [0.1, 0.15) is 0 Å². The fourth-order valence-electron chi connectivity index (χ4n) is 0.232. The molecule has 50 valence electrons. The molecule has 4 heteroatoms. The van der Waals surface area contributed by atoms with E-state index in [0.717, 1.165) is 6.08 Å². The Kier molecular flexibility index (Phi) is 3.44. The molecule has 0 aliphatic carbocycles. The summed E-state index contributed by atoms with van der Waals surface area (Å²) in [6.07, 6.45) is 1.07. The van der Waals surface area contributed by atoms with Crippen molar-refractivity contribution in [1.82, 2.24) is 0 Å². The minimum atomic E-state index is -1.06. The molecule has 9 heavy (non-hydrogen) atoms. The van der Waals surface area contributed by atoms with E-state index < -0.39 is 5.97 Å². The maximum Gasteiger partial charge on any atom is 0.331 e. The fraction of sp³-hybridized carbons (Fsp3) is 0.200. The number of aliphatic carboxylic acids is 1. The summed E-state index contributed by atoms with van der Waals surface area (Å²) in [6.45, 7) is 1.37. The molecule has 0 bridgehead atoms. The van der Waals surface area contributed by atoms with Crippen molar-refractivity contribution in [2.24, 2.45) is 0 Å². The maximum atomic E-state index is 10.2. The zero-order valence-electron chi connectivity index (χ0n) is 4.72. The molecule has 0 atom stereocenters. The van der Waals surface area contributed by atoms with E-state index in [1.165, 1.54) is 29.5 Å². The highest BCUT2D eigenvalue weighted by atomic mass is 127. The molecule has 3 nitrogen and oxygen atoms in total. The number of allylic oxidation sites excluding steroid dienone is 1. The Hall–Kier alpha value is -0.390. The number of hydrogen-bond donors (Lipinski definition) is 1. The maximum absolute atomic E-state index is 10.2. The van der Waals surface area contributed by atoms with E-state index in [2.05, 4.69) is 0 Å². The largest absolute Gasteiger partial charge is 0.478 e. The van der Waals surface area contributed by atoms with Crippen LogP contribution in [0.2, 0.25) is 0 Å². The standard InChI is InChI=1S/C5H5IO3/c1-3(5(8)9)2-4(6)7/h2H,1H3,(H,8,9)/b3-2-. The van der Waals surface area contributed by atoms with Gasteiger partial charge in [0.2, 0.25) is 3.79 Å². The Bertz CT molecular complexity index is 171. The molecule has 0 unspecified atom stereocenters. The van der Waals surface area contributed by atoms with E-state index in [1.54, 1.807) is 0 Å². The van der Waals surface area contributed by atoms with Crippen LogP contribution >= 0.6 is 22.6 Å². The highest BCUT2D eigenvalue weighted by molar-refractivity contribution is 14.1. The van der Waals surface area contributed by atoms with Gasteiger partial charge in [-0.1, -0.05) is 0 Å². The Morgan fingerprint density at radius 2 is 2.00 bits per heavy atom. The van der Waals surface area contributed by atoms with E-state index in [9.17, 15) is 9.59 Å². The molecule has 0 aromatic heterocycles. The highest BCUT2D eigenvalue weighted by Gasteiger charge is 1.99. The lowest BCUT2D eigenvalue weighted by Crippen LogP contribution is -1.97. The lowest BCUT2D eigenvalue weighted by Gasteiger charge is -1.86. The van der Waals surface area contributed by atoms with E-state index in [4.69, 9.17) is 5.11 Å². The topological polar surface area (TPSA) is 54.4 Å². The summed E-state index contributed by atoms with van der Waals surface area (Å²) in [5.41, 5.74) is 0.0643. The number of rotatable bonds is 2. The fourth-order valence-corrected chi connectivity index (χ4v) is 0.699. The van der Waals surface area contributed by atoms with E-state index in [-0.39, 0.29) is 9.36 Å². The van der Waals surface area contributed by atoms with Crippen molar-refractivity contribution in [1.29, 1.82) is 0 Å². The molecule has 0 amide bonds. The number of carboxylic acid groups (broad SMARTS) is 1. The van der Waals surface area contributed by atoms with Gasteiger partial charge in [0.25, 0.3) is 0 Å². The van der Waals surface area contributed by atoms with Crippen LogP contribution in [-0.2, 0) is 9.59 Å². The number of halogens is 1. The molecular formula is C5H5IO3. The second kappa shape index (κ2) is 3.60. The molecule has 0 aliphatic heterocycles. The zero-order valence-corrected chi connectivity index (χ0v) is 6.88. The smallest absolute Gasteiger partial charge is 0.331 e. The van der Waals surface area contributed by atoms with Crippen LogP contribution in [0.3, 0.4) is 0 Å². The molecule has 0 radical (unpaired) electrons. The second-order valence-corrected chi connectivity index (χ2v) is 2.50. The molecule has 0 aromatic rings. The lowest BCUT2D eigenvalue weighted by atomic mass is 10.3. The van der Waals surface area contributed by atoms with Crippen molar-refractivity contribution in [2.75, 3.05) is 0 Å². The van der Waals surface area contributed by atoms with Crippen LogP contribution in [0.5, 0.6) is 0 Å². The number of carbonyl (C=O) groups excluding carboxylic acids is 1. The molecule has 0 saturated heterocycles. The third-order valence-electron chi connectivity index (χ3n) is 0.667. The highest BCUT2D eigenvalue weighted by Crippen LogP contribution is 1.95. The quantitative estimate of drug-likeness (QED) is 0.444. The van der Waals surface area contributed by atoms with Gasteiger partial charge >= 0.3 is 5.97 Å². The zero-order chi connectivity index (χ0) is 7.44. The van der Waals surface area contributed by atoms with Crippen molar-refractivity contribution in [2.45, 2.75) is 6.92 Å². The van der Waals surface area contributed by atoms with Crippen molar-refractivity contribution < 1.29 is 14.7 Å². The van der Waals surface area contributed by atoms with Crippen LogP contribution in [0.15, 0.2) is 11.6 Å². The minimum Gasteiger partial charge on any atom is -0.478 e. The van der Waals surface area contributed by atoms with Gasteiger partial charge in [-0.05, 0) is 6.92 Å². The third-order valence-corrected chi connectivity index (χ3v) is 0.979. The summed E-state index contributed by atoms with van der Waals surface area (Å²) in [5, 5.41) is 8.21. The Morgan fingerprint density at radius 1 is 1.56 bits per heavy atom. The summed E-state index contributed by atoms with van der Waals surface area (Å²) in [5.74, 6) is -1.06. The molecular weight excluding hydrogens is 235 g/mol. The molecule has 0 saturated carbocycles. The Labute approximate surface area is 65.9 Å². The van der Waals surface area contributed by atoms with Gasteiger partial charge in [0.15, 0.2) is 0 Å². The summed E-state index contributed by atoms with van der Waals surface area (Å²) in [6, 6.07) is 0. The average molecular weight is 240 g/mol. The monoisotopic (exact) mass is 240 g/mol. The molecule has 0 aliphatic rings. The first-order valence-electron chi connectivity index (χ1n) is 2.15. The predicted octanol–water partition coefficient (Wildman–Crippen LogP) is 0.979. The molecule has 1 N–H and O–H groups in total. The molecule has 0 rings (SSSR count). The van der Waals surface area contributed by atoms with E-state index in [1.807, 2.05) is 0 Å². The van der Waals surface area contributed by atoms with Crippen LogP contribution in [0.25, 0.3) is 0 Å². The van der Waals surface area contributed by atoms with Crippen molar-refractivity contribution in [3.05, 3.63) is 11.6 Å². The summed E-state index contributed by atoms with van der Waals surface area (Å²) in [7, 11) is 0. The molecule has 0 aromatic carbocycles. The van der Waals surface area contributed by atoms with Crippen LogP contribution in [0.4, 0.5) is 0 Å². The Balaban J connectivity index is 4.17. The lowest BCUT2D eigenvalue weighted by molar-refractivity contribution is -0.132. The van der Waals surface area contributed by atoms with Gasteiger partial charge in [0, 0.05) is 34.2 Å². The first kappa shape index (κ1) is 8.61. The van der Waals surface area contributed by atoms with Gasteiger partial charge in [-0.15, -0.1) is 0 Å². The summed E-state index contributed by atoms with van der Waals surface area (Å²) >= 11 is 1.51. The van der Waals surface area contributed by atoms with Gasteiger partial charge in [-0.2, -0.15) is 0 Å². The molecule has 0 fully saturated rings. The first-order valence-corrected chi connectivity index (χ1v) is 3.23. The number of hydrogen-bond acceptors (Lipinski definition) is 2. The summed E-state index contributed by atoms with van der Waals surface area (Å²) in [4.78, 5) is 20.2. The number of carboxylic acids is 1. The van der Waals surface area contributed by atoms with Gasteiger partial charge in [0.05, 0.1) is 0 Å².